The number of aromatic amines is 2. The summed E-state index contributed by atoms with van der Waals surface area (Å²) in [5.74, 6) is -1.53. The van der Waals surface area contributed by atoms with E-state index in [4.69, 9.17) is 18.8 Å². The first kappa shape index (κ1) is 83.2. The molecule has 3 unspecified atom stereocenters. The molecular weight excluding hydrogens is 1610 g/mol. The molecule has 6 aliphatic rings. The first-order chi connectivity index (χ1) is 58.5. The monoisotopic (exact) mass is 1700 g/mol. The number of sulfonamides is 3. The number of nitrogens with one attached hydrogen (secondary N) is 2. The number of para-hydroxylation sites is 1. The lowest BCUT2D eigenvalue weighted by molar-refractivity contribution is -0.124. The van der Waals surface area contributed by atoms with Crippen molar-refractivity contribution in [1.29, 1.82) is 0 Å². The van der Waals surface area contributed by atoms with Crippen LogP contribution in [0.4, 0.5) is 17.1 Å². The second kappa shape index (κ2) is 34.9. The van der Waals surface area contributed by atoms with Crippen molar-refractivity contribution in [3.05, 3.63) is 218 Å². The lowest BCUT2D eigenvalue weighted by Crippen LogP contribution is -2.42. The molecule has 121 heavy (non-hydrogen) atoms. The minimum absolute atomic E-state index is 0.0120. The molecule has 0 saturated carbocycles. The van der Waals surface area contributed by atoms with Crippen LogP contribution >= 0.6 is 0 Å². The molecule has 0 bridgehead atoms. The zero-order valence-corrected chi connectivity index (χ0v) is 69.3. The number of aromatic nitrogens is 5. The third-order valence-electron chi connectivity index (χ3n) is 23.9. The highest BCUT2D eigenvalue weighted by atomic mass is 32.2. The van der Waals surface area contributed by atoms with E-state index in [2.05, 4.69) is 25.3 Å². The molecule has 0 radical (unpaired) electrons. The summed E-state index contributed by atoms with van der Waals surface area (Å²) in [4.78, 5) is 118. The molecule has 2 N–H and O–H groups in total. The molecule has 12 aromatic rings. The third kappa shape index (κ3) is 16.1. The largest absolute Gasteiger partial charge is 0.385 e. The number of Topliss-reactive ketones (excluding diaryl/α,β-unsaturated/α-hetero) is 3. The molecule has 9 heterocycles. The van der Waals surface area contributed by atoms with Crippen molar-refractivity contribution in [2.75, 3.05) is 115 Å². The van der Waals surface area contributed by atoms with Gasteiger partial charge in [-0.1, -0.05) is 78.9 Å². The summed E-state index contributed by atoms with van der Waals surface area (Å²) in [6, 6.07) is 45.8. The van der Waals surface area contributed by atoms with E-state index in [9.17, 15) is 63.6 Å². The molecule has 626 valence electrons. The van der Waals surface area contributed by atoms with Gasteiger partial charge in [0.05, 0.1) is 38.4 Å². The third-order valence-corrected chi connectivity index (χ3v) is 29.5. The molecule has 29 nitrogen and oxygen atoms in total. The van der Waals surface area contributed by atoms with E-state index in [0.717, 1.165) is 84.3 Å². The van der Waals surface area contributed by atoms with Crippen LogP contribution in [0.2, 0.25) is 0 Å². The minimum atomic E-state index is -3.98. The van der Waals surface area contributed by atoms with Crippen molar-refractivity contribution < 1.29 is 72.9 Å². The van der Waals surface area contributed by atoms with Gasteiger partial charge >= 0.3 is 5.69 Å². The Bertz CT molecular complexity index is 6650. The second-order valence-electron chi connectivity index (χ2n) is 31.2. The Morgan fingerprint density at radius 3 is 1.31 bits per heavy atom. The Morgan fingerprint density at radius 1 is 0.446 bits per heavy atom. The fraction of sp³-hybridized carbons (Fsp3) is 0.337. The van der Waals surface area contributed by atoms with Crippen molar-refractivity contribution in [2.24, 2.45) is 17.8 Å². The number of ketones is 3. The lowest BCUT2D eigenvalue weighted by Gasteiger charge is -2.31. The number of rotatable bonds is 27. The molecule has 9 aromatic carbocycles. The molecule has 3 saturated heterocycles. The summed E-state index contributed by atoms with van der Waals surface area (Å²) in [7, 11) is -6.78. The lowest BCUT2D eigenvalue weighted by atomic mass is 9.89. The van der Waals surface area contributed by atoms with Crippen molar-refractivity contribution in [1.82, 2.24) is 38.2 Å². The number of carbonyl (C=O) groups is 6. The first-order valence-electron chi connectivity index (χ1n) is 40.4. The number of pyridine rings is 1. The molecule has 0 aliphatic carbocycles. The topological polar surface area (TPSA) is 369 Å². The van der Waals surface area contributed by atoms with Crippen molar-refractivity contribution >= 4 is 147 Å². The van der Waals surface area contributed by atoms with E-state index in [1.165, 1.54) is 37.2 Å². The molecule has 6 aliphatic heterocycles. The maximum atomic E-state index is 13.7. The maximum Gasteiger partial charge on any atom is 0.326 e. The van der Waals surface area contributed by atoms with E-state index in [-0.39, 0.29) is 112 Å². The highest BCUT2D eigenvalue weighted by Gasteiger charge is 2.41. The number of piperidine rings is 3. The highest BCUT2D eigenvalue weighted by Crippen LogP contribution is 2.44. The number of benzene rings is 9. The molecule has 3 fully saturated rings. The average Bonchev–Trinajstić information content (AvgIpc) is 1.60. The zero-order valence-electron chi connectivity index (χ0n) is 66.9. The van der Waals surface area contributed by atoms with Crippen molar-refractivity contribution in [2.45, 2.75) is 91.7 Å². The number of amides is 3. The van der Waals surface area contributed by atoms with Gasteiger partial charge in [-0.3, -0.25) is 43.5 Å². The predicted octanol–water partition coefficient (Wildman–Crippen LogP) is 10.8. The SMILES string of the molecule is COCCCN1C(=O)c2cccc3c(CC(=O)C4CCCN(S(=O)(=O)c5ccc6c(=O)[nH]c(=O)[nH]c6c5)C4)ccc1c23.COCCCN1C(=O)c2cccc3c(CC(=O)C4CCCN(S(=O)(=O)c5cccc6cccnc56)C4)ccc1c23.COCCCN1C(=O)c2cccc3c(CC(=O)C4CCCN(S(=O)(=O)c5cccc6nonc56)C4)ccc1c23. The number of fused-ring (bicyclic) bond motifs is 3. The van der Waals surface area contributed by atoms with Crippen LogP contribution in [0.15, 0.2) is 193 Å². The van der Waals surface area contributed by atoms with Crippen LogP contribution in [-0.4, -0.2) is 199 Å². The molecule has 3 atom stereocenters. The van der Waals surface area contributed by atoms with Crippen molar-refractivity contribution in [3.8, 4) is 0 Å². The fourth-order valence-corrected chi connectivity index (χ4v) is 22.7. The molecule has 18 rings (SSSR count). The van der Waals surface area contributed by atoms with Crippen LogP contribution < -0.4 is 25.9 Å². The normalized spacial score (nSPS) is 17.7. The van der Waals surface area contributed by atoms with Gasteiger partial charge in [0, 0.05) is 182 Å². The van der Waals surface area contributed by atoms with E-state index >= 15 is 0 Å². The van der Waals surface area contributed by atoms with Gasteiger partial charge in [-0.05, 0) is 180 Å². The Balaban J connectivity index is 0.000000135. The molecule has 0 spiro atoms. The number of anilines is 3. The number of ether oxygens (including phenoxy) is 3. The Labute approximate surface area is 696 Å². The fourth-order valence-electron chi connectivity index (χ4n) is 17.8. The first-order valence-corrected chi connectivity index (χ1v) is 44.8. The molecule has 3 amide bonds. The van der Waals surface area contributed by atoms with Gasteiger partial charge in [-0.2, -0.15) is 12.9 Å². The number of H-pyrrole nitrogens is 2. The summed E-state index contributed by atoms with van der Waals surface area (Å²) < 4.78 is 106. The van der Waals surface area contributed by atoms with Gasteiger partial charge in [0.1, 0.15) is 32.7 Å². The average molecular weight is 1700 g/mol. The summed E-state index contributed by atoms with van der Waals surface area (Å²) >= 11 is 0. The van der Waals surface area contributed by atoms with E-state index in [1.807, 2.05) is 97.1 Å². The Morgan fingerprint density at radius 2 is 0.860 bits per heavy atom. The van der Waals surface area contributed by atoms with Gasteiger partial charge in [-0.25, -0.2) is 34.7 Å². The van der Waals surface area contributed by atoms with Gasteiger partial charge in [-0.15, -0.1) is 0 Å². The van der Waals surface area contributed by atoms with Crippen molar-refractivity contribution in [3.63, 3.8) is 0 Å². The summed E-state index contributed by atoms with van der Waals surface area (Å²) in [6.07, 6.45) is 7.77. The quantitative estimate of drug-likeness (QED) is 0.0452. The van der Waals surface area contributed by atoms with E-state index < -0.39 is 59.1 Å². The molecule has 32 heteroatoms. The number of nitrogens with zero attached hydrogens (tertiary/aromatic N) is 9. The van der Waals surface area contributed by atoms with Crippen LogP contribution in [0.1, 0.15) is 106 Å². The zero-order chi connectivity index (χ0) is 84.6. The second-order valence-corrected chi connectivity index (χ2v) is 36.9. The predicted molar refractivity (Wildman–Crippen MR) is 456 cm³/mol. The van der Waals surface area contributed by atoms with Gasteiger partial charge < -0.3 is 33.9 Å². The van der Waals surface area contributed by atoms with E-state index in [0.29, 0.717) is 125 Å². The van der Waals surface area contributed by atoms with Crippen LogP contribution in [0.25, 0.3) is 65.2 Å². The smallest absolute Gasteiger partial charge is 0.326 e. The van der Waals surface area contributed by atoms with Crippen LogP contribution in [0, 0.1) is 17.8 Å². The van der Waals surface area contributed by atoms with Gasteiger partial charge in [0.2, 0.25) is 30.1 Å². The molecular formula is C89H89N11O18S3. The summed E-state index contributed by atoms with van der Waals surface area (Å²) in [5.41, 5.74) is 6.72. The minimum Gasteiger partial charge on any atom is -0.385 e. The number of hydrogen-bond acceptors (Lipinski definition) is 21. The van der Waals surface area contributed by atoms with Crippen LogP contribution in [0.5, 0.6) is 0 Å². The molecule has 3 aromatic heterocycles. The Hall–Kier alpha value is -11.5. The highest BCUT2D eigenvalue weighted by molar-refractivity contribution is 7.90. The van der Waals surface area contributed by atoms with Crippen LogP contribution in [0.3, 0.4) is 0 Å². The van der Waals surface area contributed by atoms with Crippen LogP contribution in [-0.2, 0) is 77.9 Å². The standard InChI is InChI=1S/C31H31N3O5S.C30H30N4O7S.C28H28N4O6S/c1-39-18-6-17-34-26-14-13-22(24-10-3-11-25(29(24)26)31(34)36)19-27(35)23-9-5-16-33(20-23)40(37,38)28-12-2-7-21-8-4-15-32-30(21)28;1-41-14-4-13-34-25-11-8-18(21-6-2-7-23(27(21)25)29(34)37)15-26(35)19-5-3-12-33(17-19)42(39,40)20-9-10-22-24(16-20)31-30(38)32-28(22)36;1-37-15-5-14-32-23-12-11-18(20-7-2-8-21(26(20)23)28(32)34)16-24(33)19-6-4-13-31(17-19)39(35,36)25-10-3-9-22-27(25)30-38-29-22/h2-4,7-8,10-15,23H,5-6,9,16-20H2,1H3;2,6-11,16,19H,3-5,12-15,17H2,1H3,(H2,31,32,36,38);2-3,7-12,19H,4-6,13-17H2,1H3. The Kier molecular flexibility index (Phi) is 24.0. The number of carbonyl (C=O) groups excluding carboxylic acids is 6. The summed E-state index contributed by atoms with van der Waals surface area (Å²) in [6.45, 7) is 4.59. The van der Waals surface area contributed by atoms with Gasteiger partial charge in [0.25, 0.3) is 23.3 Å². The maximum absolute atomic E-state index is 13.7. The number of methoxy groups -OCH3 is 3. The van der Waals surface area contributed by atoms with Gasteiger partial charge in [0.15, 0.2) is 5.52 Å². The summed E-state index contributed by atoms with van der Waals surface area (Å²) in [5, 5.41) is 13.7. The van der Waals surface area contributed by atoms with E-state index in [1.54, 1.807) is 78.6 Å². The number of hydrogen-bond donors (Lipinski definition) is 2.